The highest BCUT2D eigenvalue weighted by molar-refractivity contribution is 5.93. The number of carbonyl (C=O) groups is 1. The molecule has 1 atom stereocenters. The number of rotatable bonds is 8. The lowest BCUT2D eigenvalue weighted by Gasteiger charge is -2.39. The predicted octanol–water partition coefficient (Wildman–Crippen LogP) is 3.92. The molecule has 1 saturated heterocycles. The molecule has 2 N–H and O–H groups in total. The molecule has 38 heavy (non-hydrogen) atoms. The fraction of sp³-hybridized carbons (Fsp3) is 0.448. The second kappa shape index (κ2) is 10.9. The van der Waals surface area contributed by atoms with Gasteiger partial charge in [-0.3, -0.25) is 9.59 Å². The lowest BCUT2D eigenvalue weighted by Crippen LogP contribution is -2.45. The predicted molar refractivity (Wildman–Crippen MR) is 145 cm³/mol. The average molecular weight is 517 g/mol. The smallest absolute Gasteiger partial charge is 0.270 e. The van der Waals surface area contributed by atoms with Crippen molar-refractivity contribution in [2.45, 2.75) is 57.0 Å². The summed E-state index contributed by atoms with van der Waals surface area (Å²) in [5.41, 5.74) is 1.78. The van der Waals surface area contributed by atoms with Crippen LogP contribution in [0.25, 0.3) is 10.8 Å². The number of H-pyrrole nitrogens is 1. The summed E-state index contributed by atoms with van der Waals surface area (Å²) in [6.45, 7) is 4.43. The highest BCUT2D eigenvalue weighted by Crippen LogP contribution is 2.28. The van der Waals surface area contributed by atoms with Crippen molar-refractivity contribution < 1.29 is 9.18 Å². The van der Waals surface area contributed by atoms with Gasteiger partial charge in [0.15, 0.2) is 5.69 Å². The minimum Gasteiger partial charge on any atom is -0.369 e. The number of nitriles is 1. The fourth-order valence-electron chi connectivity index (χ4n) is 5.41. The van der Waals surface area contributed by atoms with Gasteiger partial charge in [0.05, 0.1) is 11.1 Å². The van der Waals surface area contributed by atoms with E-state index >= 15 is 0 Å². The van der Waals surface area contributed by atoms with E-state index in [9.17, 15) is 19.2 Å². The van der Waals surface area contributed by atoms with Crippen LogP contribution in [-0.2, 0) is 0 Å². The molecule has 1 unspecified atom stereocenters. The number of benzene rings is 1. The van der Waals surface area contributed by atoms with Gasteiger partial charge >= 0.3 is 0 Å². The molecule has 3 heterocycles. The molecule has 5 rings (SSSR count). The van der Waals surface area contributed by atoms with Gasteiger partial charge in [-0.15, -0.1) is 0 Å². The van der Waals surface area contributed by atoms with Crippen LogP contribution in [0.2, 0.25) is 0 Å². The molecule has 1 aliphatic carbocycles. The van der Waals surface area contributed by atoms with Crippen LogP contribution in [0.4, 0.5) is 10.1 Å². The molecule has 9 heteroatoms. The van der Waals surface area contributed by atoms with Crippen molar-refractivity contribution in [3.8, 4) is 6.07 Å². The number of pyridine rings is 2. The monoisotopic (exact) mass is 516 g/mol. The van der Waals surface area contributed by atoms with E-state index in [1.54, 1.807) is 18.2 Å². The molecule has 2 fully saturated rings. The second-order valence-corrected chi connectivity index (χ2v) is 10.4. The van der Waals surface area contributed by atoms with Crippen molar-refractivity contribution in [3.63, 3.8) is 0 Å². The molecule has 0 bridgehead atoms. The number of piperidine rings is 1. The first-order valence-corrected chi connectivity index (χ1v) is 13.4. The molecule has 0 spiro atoms. The number of anilines is 1. The van der Waals surface area contributed by atoms with Gasteiger partial charge < -0.3 is 20.1 Å². The van der Waals surface area contributed by atoms with Crippen molar-refractivity contribution in [2.75, 3.05) is 31.6 Å². The maximum atomic E-state index is 14.1. The Morgan fingerprint density at radius 1 is 1.26 bits per heavy atom. The van der Waals surface area contributed by atoms with E-state index < -0.39 is 5.82 Å². The van der Waals surface area contributed by atoms with E-state index in [0.29, 0.717) is 11.4 Å². The van der Waals surface area contributed by atoms with Gasteiger partial charge in [0.1, 0.15) is 17.6 Å². The lowest BCUT2D eigenvalue weighted by molar-refractivity contribution is 0.0946. The number of aromatic nitrogens is 2. The highest BCUT2D eigenvalue weighted by Gasteiger charge is 2.28. The zero-order valence-electron chi connectivity index (χ0n) is 21.8. The minimum absolute atomic E-state index is 0.106. The van der Waals surface area contributed by atoms with Gasteiger partial charge in [-0.1, -0.05) is 19.1 Å². The Kier molecular flexibility index (Phi) is 7.43. The lowest BCUT2D eigenvalue weighted by atomic mass is 9.96. The fourth-order valence-corrected chi connectivity index (χ4v) is 5.41. The summed E-state index contributed by atoms with van der Waals surface area (Å²) in [7, 11) is 2.11. The molecule has 1 saturated carbocycles. The summed E-state index contributed by atoms with van der Waals surface area (Å²) in [5.74, 6) is -0.612. The van der Waals surface area contributed by atoms with Gasteiger partial charge in [0, 0.05) is 43.3 Å². The first-order chi connectivity index (χ1) is 18.4. The molecule has 198 valence electrons. The largest absolute Gasteiger partial charge is 0.369 e. The van der Waals surface area contributed by atoms with E-state index in [1.807, 2.05) is 12.1 Å². The summed E-state index contributed by atoms with van der Waals surface area (Å²) in [6.07, 6.45) is 4.68. The minimum atomic E-state index is -0.502. The Balaban J connectivity index is 1.23. The number of aromatic amines is 1. The number of nitrogens with one attached hydrogen (secondary N) is 2. The Morgan fingerprint density at radius 2 is 2.03 bits per heavy atom. The number of fused-ring (bicyclic) bond motifs is 1. The number of hydrogen-bond acceptors (Lipinski definition) is 6. The summed E-state index contributed by atoms with van der Waals surface area (Å²) in [5, 5.41) is 13.3. The third kappa shape index (κ3) is 5.41. The average Bonchev–Trinajstić information content (AvgIpc) is 3.75. The van der Waals surface area contributed by atoms with Crippen molar-refractivity contribution in [1.29, 1.82) is 5.26 Å². The summed E-state index contributed by atoms with van der Waals surface area (Å²) >= 11 is 0. The maximum absolute atomic E-state index is 14.1. The number of nitrogens with zero attached hydrogens (tertiary/aromatic N) is 4. The maximum Gasteiger partial charge on any atom is 0.270 e. The first kappa shape index (κ1) is 25.9. The van der Waals surface area contributed by atoms with E-state index in [-0.39, 0.29) is 40.2 Å². The van der Waals surface area contributed by atoms with Gasteiger partial charge in [-0.2, -0.15) is 5.26 Å². The molecular weight excluding hydrogens is 483 g/mol. The molecule has 3 aromatic rings. The van der Waals surface area contributed by atoms with Gasteiger partial charge in [0.2, 0.25) is 0 Å². The zero-order chi connectivity index (χ0) is 26.8. The first-order valence-electron chi connectivity index (χ1n) is 13.4. The third-order valence-corrected chi connectivity index (χ3v) is 7.84. The van der Waals surface area contributed by atoms with Crippen LogP contribution in [0.1, 0.15) is 66.8 Å². The van der Waals surface area contributed by atoms with Crippen molar-refractivity contribution >= 4 is 22.4 Å². The standard InChI is InChI=1S/C29H33FN6O2/c1-3-18(24-15-19-5-4-6-22(30)27(19)29(38)34-24)17-35(2)21-11-13-36(14-12-21)26-10-9-23(33-25(26)16-31)28(37)32-20-7-8-20/h4-6,9-10,15,18,20-21H,3,7-8,11-14,17H2,1-2H3,(H,32,37)(H,34,38). The van der Waals surface area contributed by atoms with Crippen molar-refractivity contribution in [2.24, 2.45) is 0 Å². The molecule has 1 amide bonds. The molecule has 2 aliphatic rings. The molecule has 1 aliphatic heterocycles. The van der Waals surface area contributed by atoms with E-state index in [1.165, 1.54) is 6.07 Å². The topological polar surface area (TPSA) is 105 Å². The van der Waals surface area contributed by atoms with Crippen LogP contribution in [0.5, 0.6) is 0 Å². The number of likely N-dealkylation sites (N-methyl/N-ethyl adjacent to an activating group) is 1. The van der Waals surface area contributed by atoms with Crippen LogP contribution in [0.3, 0.4) is 0 Å². The summed E-state index contributed by atoms with van der Waals surface area (Å²) < 4.78 is 14.1. The van der Waals surface area contributed by atoms with Crippen molar-refractivity contribution in [3.05, 3.63) is 69.7 Å². The van der Waals surface area contributed by atoms with E-state index in [0.717, 1.165) is 63.1 Å². The molecular formula is C29H33FN6O2. The Hall–Kier alpha value is -3.77. The van der Waals surface area contributed by atoms with E-state index in [4.69, 9.17) is 0 Å². The Bertz CT molecular complexity index is 1440. The molecule has 0 radical (unpaired) electrons. The van der Waals surface area contributed by atoms with Crippen LogP contribution >= 0.6 is 0 Å². The third-order valence-electron chi connectivity index (χ3n) is 7.84. The van der Waals surface area contributed by atoms with Gasteiger partial charge in [-0.25, -0.2) is 9.37 Å². The number of amides is 1. The summed E-state index contributed by atoms with van der Waals surface area (Å²) in [4.78, 5) is 36.7. The van der Waals surface area contributed by atoms with Crippen LogP contribution in [0.15, 0.2) is 41.2 Å². The Morgan fingerprint density at radius 3 is 2.71 bits per heavy atom. The summed E-state index contributed by atoms with van der Waals surface area (Å²) in [6, 6.07) is 12.9. The van der Waals surface area contributed by atoms with Gasteiger partial charge in [-0.05, 0) is 68.8 Å². The van der Waals surface area contributed by atoms with Crippen LogP contribution < -0.4 is 15.8 Å². The molecule has 1 aromatic carbocycles. The molecule has 2 aromatic heterocycles. The van der Waals surface area contributed by atoms with Gasteiger partial charge in [0.25, 0.3) is 11.5 Å². The number of halogens is 1. The second-order valence-electron chi connectivity index (χ2n) is 10.4. The normalized spacial score (nSPS) is 17.0. The van der Waals surface area contributed by atoms with Crippen molar-refractivity contribution in [1.82, 2.24) is 20.2 Å². The number of hydrogen-bond donors (Lipinski definition) is 2. The Labute approximate surface area is 221 Å². The SMILES string of the molecule is CCC(CN(C)C1CCN(c2ccc(C(=O)NC3CC3)nc2C#N)CC1)c1cc2cccc(F)c2c(=O)[nH]1. The highest BCUT2D eigenvalue weighted by atomic mass is 19.1. The quantitative estimate of drug-likeness (QED) is 0.470. The van der Waals surface area contributed by atoms with E-state index in [2.05, 4.69) is 45.1 Å². The number of carbonyl (C=O) groups excluding carboxylic acids is 1. The zero-order valence-corrected chi connectivity index (χ0v) is 21.8. The molecule has 8 nitrogen and oxygen atoms in total. The van der Waals surface area contributed by atoms with Crippen LogP contribution in [0, 0.1) is 17.1 Å². The van der Waals surface area contributed by atoms with Crippen LogP contribution in [-0.4, -0.2) is 59.5 Å².